The van der Waals surface area contributed by atoms with Crippen LogP contribution < -0.4 is 9.62 Å². The number of hydrogen-bond donors (Lipinski definition) is 1. The number of nitrogens with one attached hydrogen (secondary N) is 1. The second-order valence-corrected chi connectivity index (χ2v) is 8.82. The maximum atomic E-state index is 12.2. The monoisotopic (exact) mass is 438 g/mol. The van der Waals surface area contributed by atoms with Crippen LogP contribution in [0, 0.1) is 6.92 Å². The Balaban J connectivity index is 1.99. The van der Waals surface area contributed by atoms with Gasteiger partial charge in [0.05, 0.1) is 29.6 Å². The van der Waals surface area contributed by atoms with Gasteiger partial charge in [-0.05, 0) is 43.7 Å². The SMILES string of the molecule is COC(=O)c1cc(NC(=O)CCCN(c2ccc(C)cc2)S(C)(=O)=O)ccc1Cl. The van der Waals surface area contributed by atoms with E-state index in [0.717, 1.165) is 11.8 Å². The first-order valence-electron chi connectivity index (χ1n) is 8.84. The first kappa shape index (κ1) is 22.7. The van der Waals surface area contributed by atoms with E-state index >= 15 is 0 Å². The number of sulfonamides is 1. The highest BCUT2D eigenvalue weighted by Gasteiger charge is 2.18. The van der Waals surface area contributed by atoms with Crippen LogP contribution >= 0.6 is 11.6 Å². The van der Waals surface area contributed by atoms with Crippen LogP contribution in [-0.2, 0) is 19.6 Å². The third-order valence-corrected chi connectivity index (χ3v) is 5.67. The number of nitrogens with zero attached hydrogens (tertiary/aromatic N) is 1. The number of halogens is 1. The minimum atomic E-state index is -3.47. The average Bonchev–Trinajstić information content (AvgIpc) is 2.66. The van der Waals surface area contributed by atoms with E-state index in [4.69, 9.17) is 11.6 Å². The number of ether oxygens (including phenoxy) is 1. The maximum Gasteiger partial charge on any atom is 0.339 e. The Hall–Kier alpha value is -2.58. The molecule has 0 aliphatic carbocycles. The number of hydrogen-bond acceptors (Lipinski definition) is 5. The van der Waals surface area contributed by atoms with Gasteiger partial charge in [0.2, 0.25) is 15.9 Å². The molecular formula is C20H23ClN2O5S. The number of benzene rings is 2. The van der Waals surface area contributed by atoms with E-state index in [1.165, 1.54) is 23.5 Å². The van der Waals surface area contributed by atoms with Crippen molar-refractivity contribution in [1.82, 2.24) is 0 Å². The molecule has 0 aliphatic rings. The second kappa shape index (κ2) is 9.76. The number of carbonyl (C=O) groups is 2. The fraction of sp³-hybridized carbons (Fsp3) is 0.300. The zero-order valence-corrected chi connectivity index (χ0v) is 18.0. The van der Waals surface area contributed by atoms with Crippen molar-refractivity contribution < 1.29 is 22.7 Å². The van der Waals surface area contributed by atoms with Gasteiger partial charge in [-0.15, -0.1) is 0 Å². The molecule has 0 spiro atoms. The molecule has 1 N–H and O–H groups in total. The van der Waals surface area contributed by atoms with Crippen molar-refractivity contribution >= 4 is 44.9 Å². The fourth-order valence-electron chi connectivity index (χ4n) is 2.67. The molecule has 0 bridgehead atoms. The summed E-state index contributed by atoms with van der Waals surface area (Å²) in [7, 11) is -2.23. The molecule has 0 saturated heterocycles. The fourth-order valence-corrected chi connectivity index (χ4v) is 3.83. The topological polar surface area (TPSA) is 92.8 Å². The smallest absolute Gasteiger partial charge is 0.339 e. The predicted octanol–water partition coefficient (Wildman–Crippen LogP) is 3.62. The largest absolute Gasteiger partial charge is 0.465 e. The summed E-state index contributed by atoms with van der Waals surface area (Å²) in [6.45, 7) is 2.09. The van der Waals surface area contributed by atoms with Gasteiger partial charge in [0.1, 0.15) is 0 Å². The Labute approximate surface area is 175 Å². The maximum absolute atomic E-state index is 12.2. The Morgan fingerprint density at radius 1 is 1.14 bits per heavy atom. The Kier molecular flexibility index (Phi) is 7.64. The summed E-state index contributed by atoms with van der Waals surface area (Å²) >= 11 is 5.96. The van der Waals surface area contributed by atoms with Gasteiger partial charge in [-0.25, -0.2) is 13.2 Å². The highest BCUT2D eigenvalue weighted by molar-refractivity contribution is 7.92. The summed E-state index contributed by atoms with van der Waals surface area (Å²) in [5, 5.41) is 2.89. The summed E-state index contributed by atoms with van der Waals surface area (Å²) in [6, 6.07) is 11.6. The van der Waals surface area contributed by atoms with Gasteiger partial charge < -0.3 is 10.1 Å². The lowest BCUT2D eigenvalue weighted by atomic mass is 10.2. The molecule has 1 amide bonds. The number of aryl methyl sites for hydroxylation is 1. The minimum Gasteiger partial charge on any atom is -0.465 e. The standard InChI is InChI=1S/C20H23ClN2O5S/c1-14-6-9-16(10-7-14)23(29(3,26)27)12-4-5-19(24)22-15-8-11-18(21)17(13-15)20(25)28-2/h6-11,13H,4-5,12H2,1-3H3,(H,22,24). The van der Waals surface area contributed by atoms with Crippen molar-refractivity contribution in [3.05, 3.63) is 58.6 Å². The van der Waals surface area contributed by atoms with Crippen LogP contribution in [0.4, 0.5) is 11.4 Å². The molecule has 0 heterocycles. The molecular weight excluding hydrogens is 416 g/mol. The third-order valence-electron chi connectivity index (χ3n) is 4.14. The molecule has 0 aromatic heterocycles. The van der Waals surface area contributed by atoms with E-state index in [-0.39, 0.29) is 29.5 Å². The van der Waals surface area contributed by atoms with Crippen molar-refractivity contribution in [1.29, 1.82) is 0 Å². The molecule has 2 aromatic carbocycles. The van der Waals surface area contributed by atoms with Crippen LogP contribution in [-0.4, -0.2) is 40.2 Å². The van der Waals surface area contributed by atoms with Crippen LogP contribution in [0.15, 0.2) is 42.5 Å². The molecule has 0 aliphatic heterocycles. The molecule has 0 saturated carbocycles. The Morgan fingerprint density at radius 2 is 1.79 bits per heavy atom. The van der Waals surface area contributed by atoms with Gasteiger partial charge in [-0.1, -0.05) is 29.3 Å². The van der Waals surface area contributed by atoms with E-state index in [0.29, 0.717) is 17.8 Å². The Morgan fingerprint density at radius 3 is 2.38 bits per heavy atom. The zero-order valence-electron chi connectivity index (χ0n) is 16.4. The highest BCUT2D eigenvalue weighted by atomic mass is 35.5. The number of anilines is 2. The van der Waals surface area contributed by atoms with Crippen molar-refractivity contribution in [3.63, 3.8) is 0 Å². The lowest BCUT2D eigenvalue weighted by Crippen LogP contribution is -2.31. The quantitative estimate of drug-likeness (QED) is 0.635. The summed E-state index contributed by atoms with van der Waals surface area (Å²) in [5.41, 5.74) is 2.13. The van der Waals surface area contributed by atoms with Gasteiger partial charge in [0, 0.05) is 18.7 Å². The lowest BCUT2D eigenvalue weighted by Gasteiger charge is -2.22. The van der Waals surface area contributed by atoms with Gasteiger partial charge in [-0.3, -0.25) is 9.10 Å². The molecule has 9 heteroatoms. The van der Waals surface area contributed by atoms with Gasteiger partial charge in [0.15, 0.2) is 0 Å². The first-order valence-corrected chi connectivity index (χ1v) is 11.1. The van der Waals surface area contributed by atoms with E-state index in [1.807, 2.05) is 19.1 Å². The zero-order chi connectivity index (χ0) is 21.6. The summed E-state index contributed by atoms with van der Waals surface area (Å²) in [5.74, 6) is -0.909. The number of methoxy groups -OCH3 is 1. The van der Waals surface area contributed by atoms with Crippen molar-refractivity contribution in [3.8, 4) is 0 Å². The van der Waals surface area contributed by atoms with E-state index < -0.39 is 16.0 Å². The van der Waals surface area contributed by atoms with Crippen LogP contribution in [0.2, 0.25) is 5.02 Å². The Bertz CT molecular complexity index is 990. The van der Waals surface area contributed by atoms with Crippen molar-refractivity contribution in [2.24, 2.45) is 0 Å². The van der Waals surface area contributed by atoms with Crippen molar-refractivity contribution in [2.75, 3.05) is 29.5 Å². The van der Waals surface area contributed by atoms with E-state index in [9.17, 15) is 18.0 Å². The molecule has 2 rings (SSSR count). The van der Waals surface area contributed by atoms with Crippen LogP contribution in [0.1, 0.15) is 28.8 Å². The second-order valence-electron chi connectivity index (χ2n) is 6.51. The molecule has 29 heavy (non-hydrogen) atoms. The van der Waals surface area contributed by atoms with E-state index in [2.05, 4.69) is 10.1 Å². The predicted molar refractivity (Wildman–Crippen MR) is 114 cm³/mol. The molecule has 0 radical (unpaired) electrons. The number of carbonyl (C=O) groups excluding carboxylic acids is 2. The van der Waals surface area contributed by atoms with Gasteiger partial charge in [0.25, 0.3) is 0 Å². The molecule has 0 fully saturated rings. The molecule has 0 atom stereocenters. The lowest BCUT2D eigenvalue weighted by molar-refractivity contribution is -0.116. The van der Waals surface area contributed by atoms with Crippen LogP contribution in [0.5, 0.6) is 0 Å². The minimum absolute atomic E-state index is 0.105. The molecule has 156 valence electrons. The molecule has 2 aromatic rings. The molecule has 7 nitrogen and oxygen atoms in total. The van der Waals surface area contributed by atoms with Crippen LogP contribution in [0.25, 0.3) is 0 Å². The van der Waals surface area contributed by atoms with Crippen molar-refractivity contribution in [2.45, 2.75) is 19.8 Å². The molecule has 0 unspecified atom stereocenters. The first-order chi connectivity index (χ1) is 13.6. The number of rotatable bonds is 8. The summed E-state index contributed by atoms with van der Waals surface area (Å²) in [6.07, 6.45) is 1.56. The number of esters is 1. The van der Waals surface area contributed by atoms with Gasteiger partial charge >= 0.3 is 5.97 Å². The third kappa shape index (κ3) is 6.47. The average molecular weight is 439 g/mol. The summed E-state index contributed by atoms with van der Waals surface area (Å²) in [4.78, 5) is 23.9. The highest BCUT2D eigenvalue weighted by Crippen LogP contribution is 2.22. The normalized spacial score (nSPS) is 11.0. The van der Waals surface area contributed by atoms with Gasteiger partial charge in [-0.2, -0.15) is 0 Å². The summed E-state index contributed by atoms with van der Waals surface area (Å²) < 4.78 is 30.2. The number of amides is 1. The van der Waals surface area contributed by atoms with E-state index in [1.54, 1.807) is 18.2 Å². The van der Waals surface area contributed by atoms with Crippen LogP contribution in [0.3, 0.4) is 0 Å².